The largest absolute Gasteiger partial charge is 0.370 e. The number of amides is 1. The third-order valence-electron chi connectivity index (χ3n) is 3.63. The number of aromatic nitrogens is 3. The minimum atomic E-state index is -0.305. The van der Waals surface area contributed by atoms with Gasteiger partial charge in [0.1, 0.15) is 0 Å². The number of rotatable bonds is 6. The van der Waals surface area contributed by atoms with E-state index in [2.05, 4.69) is 65.7 Å². The van der Waals surface area contributed by atoms with E-state index in [0.717, 1.165) is 5.56 Å². The highest BCUT2D eigenvalue weighted by Gasteiger charge is 2.13. The predicted molar refractivity (Wildman–Crippen MR) is 97.3 cm³/mol. The van der Waals surface area contributed by atoms with Crippen molar-refractivity contribution in [1.82, 2.24) is 20.3 Å². The van der Waals surface area contributed by atoms with E-state index in [9.17, 15) is 4.79 Å². The third kappa shape index (κ3) is 5.59. The average molecular weight is 343 g/mol. The molecule has 0 aliphatic carbocycles. The fraction of sp³-hybridized carbons (Fsp3) is 0.412. The summed E-state index contributed by atoms with van der Waals surface area (Å²) in [7, 11) is 0. The van der Waals surface area contributed by atoms with Crippen molar-refractivity contribution in [3.8, 4) is 0 Å². The topological polar surface area (TPSA) is 124 Å². The molecule has 1 aromatic carbocycles. The lowest BCUT2D eigenvalue weighted by molar-refractivity contribution is 0.0949. The van der Waals surface area contributed by atoms with Crippen LogP contribution in [-0.2, 0) is 12.0 Å². The van der Waals surface area contributed by atoms with Gasteiger partial charge in [-0.1, -0.05) is 50.3 Å². The summed E-state index contributed by atoms with van der Waals surface area (Å²) >= 11 is 0. The Bertz CT molecular complexity index is 737. The average Bonchev–Trinajstić information content (AvgIpc) is 2.99. The lowest BCUT2D eigenvalue weighted by Gasteiger charge is -2.19. The Hall–Kier alpha value is -2.90. The zero-order valence-corrected chi connectivity index (χ0v) is 14.9. The van der Waals surface area contributed by atoms with Crippen LogP contribution in [0.1, 0.15) is 42.4 Å². The summed E-state index contributed by atoms with van der Waals surface area (Å²) in [5.41, 5.74) is 13.2. The molecule has 0 atom stereocenters. The van der Waals surface area contributed by atoms with E-state index in [1.807, 2.05) is 0 Å². The van der Waals surface area contributed by atoms with Gasteiger partial charge < -0.3 is 16.8 Å². The van der Waals surface area contributed by atoms with Gasteiger partial charge in [0.05, 0.1) is 19.3 Å². The molecule has 2 rings (SSSR count). The summed E-state index contributed by atoms with van der Waals surface area (Å²) in [5, 5.41) is 10.6. The van der Waals surface area contributed by atoms with Crippen LogP contribution in [0, 0.1) is 0 Å². The van der Waals surface area contributed by atoms with Gasteiger partial charge in [-0.3, -0.25) is 9.79 Å². The number of carbonyl (C=O) groups excluding carboxylic acids is 1. The monoisotopic (exact) mass is 343 g/mol. The summed E-state index contributed by atoms with van der Waals surface area (Å²) in [4.78, 5) is 15.8. The molecule has 8 heteroatoms. The minimum Gasteiger partial charge on any atom is -0.370 e. The van der Waals surface area contributed by atoms with Crippen molar-refractivity contribution in [2.75, 3.05) is 13.1 Å². The van der Waals surface area contributed by atoms with E-state index in [1.54, 1.807) is 10.9 Å². The highest BCUT2D eigenvalue weighted by atomic mass is 16.2. The van der Waals surface area contributed by atoms with Gasteiger partial charge in [0.15, 0.2) is 11.7 Å². The zero-order chi connectivity index (χ0) is 18.4. The highest BCUT2D eigenvalue weighted by Crippen LogP contribution is 2.22. The first-order chi connectivity index (χ1) is 11.8. The number of guanidine groups is 1. The van der Waals surface area contributed by atoms with Gasteiger partial charge in [0, 0.05) is 6.54 Å². The smallest absolute Gasteiger partial charge is 0.273 e. The van der Waals surface area contributed by atoms with Gasteiger partial charge in [-0.25, -0.2) is 4.68 Å². The van der Waals surface area contributed by atoms with Gasteiger partial charge in [0.2, 0.25) is 0 Å². The molecule has 1 heterocycles. The summed E-state index contributed by atoms with van der Waals surface area (Å²) < 4.78 is 1.64. The van der Waals surface area contributed by atoms with Crippen LogP contribution in [0.5, 0.6) is 0 Å². The van der Waals surface area contributed by atoms with Gasteiger partial charge in [-0.15, -0.1) is 5.10 Å². The molecule has 0 aliphatic rings. The lowest BCUT2D eigenvalue weighted by Crippen LogP contribution is -2.29. The minimum absolute atomic E-state index is 0.00215. The summed E-state index contributed by atoms with van der Waals surface area (Å²) in [6.07, 6.45) is 1.62. The molecule has 0 aliphatic heterocycles. The molecular formula is C17H25N7O. The van der Waals surface area contributed by atoms with E-state index < -0.39 is 0 Å². The van der Waals surface area contributed by atoms with Crippen molar-refractivity contribution in [3.63, 3.8) is 0 Å². The number of carbonyl (C=O) groups is 1. The number of nitrogens with zero attached hydrogens (tertiary/aromatic N) is 4. The molecule has 1 aromatic heterocycles. The second kappa shape index (κ2) is 7.78. The lowest BCUT2D eigenvalue weighted by atomic mass is 9.87. The predicted octanol–water partition coefficient (Wildman–Crippen LogP) is 0.627. The third-order valence-corrected chi connectivity index (χ3v) is 3.63. The molecule has 0 radical (unpaired) electrons. The Balaban J connectivity index is 1.92. The molecule has 25 heavy (non-hydrogen) atoms. The van der Waals surface area contributed by atoms with Crippen molar-refractivity contribution in [2.24, 2.45) is 16.5 Å². The van der Waals surface area contributed by atoms with Crippen LogP contribution in [0.25, 0.3) is 0 Å². The van der Waals surface area contributed by atoms with Crippen molar-refractivity contribution in [3.05, 3.63) is 47.3 Å². The van der Waals surface area contributed by atoms with Crippen LogP contribution in [0.3, 0.4) is 0 Å². The normalized spacial score (nSPS) is 11.2. The number of benzene rings is 1. The van der Waals surface area contributed by atoms with E-state index in [4.69, 9.17) is 11.5 Å². The summed E-state index contributed by atoms with van der Waals surface area (Å²) in [6, 6.07) is 8.36. The Labute approximate surface area is 147 Å². The van der Waals surface area contributed by atoms with Crippen LogP contribution in [-0.4, -0.2) is 40.0 Å². The summed E-state index contributed by atoms with van der Waals surface area (Å²) in [5.74, 6) is -0.308. The second-order valence-corrected chi connectivity index (χ2v) is 6.81. The van der Waals surface area contributed by atoms with E-state index in [-0.39, 0.29) is 23.0 Å². The Morgan fingerprint density at radius 3 is 2.52 bits per heavy atom. The van der Waals surface area contributed by atoms with Crippen molar-refractivity contribution in [1.29, 1.82) is 0 Å². The van der Waals surface area contributed by atoms with Crippen LogP contribution >= 0.6 is 0 Å². The zero-order valence-electron chi connectivity index (χ0n) is 14.9. The van der Waals surface area contributed by atoms with Gasteiger partial charge in [-0.05, 0) is 16.5 Å². The van der Waals surface area contributed by atoms with Crippen LogP contribution in [0.2, 0.25) is 0 Å². The second-order valence-electron chi connectivity index (χ2n) is 6.81. The molecule has 8 nitrogen and oxygen atoms in total. The highest BCUT2D eigenvalue weighted by molar-refractivity contribution is 5.91. The number of hydrogen-bond acceptors (Lipinski definition) is 4. The molecule has 2 aromatic rings. The van der Waals surface area contributed by atoms with E-state index in [0.29, 0.717) is 19.6 Å². The first-order valence-electron chi connectivity index (χ1n) is 8.09. The fourth-order valence-corrected chi connectivity index (χ4v) is 2.22. The molecule has 5 N–H and O–H groups in total. The van der Waals surface area contributed by atoms with Crippen LogP contribution in [0.4, 0.5) is 0 Å². The maximum Gasteiger partial charge on any atom is 0.273 e. The standard InChI is InChI=1S/C17H25N7O/c1-17(2,3)13-6-4-12(5-7-13)10-24-11-14(22-23-24)15(25)20-8-9-21-16(18)19/h4-7,11H,8-10H2,1-3H3,(H,20,25)(H4,18,19,21). The number of nitrogens with one attached hydrogen (secondary N) is 1. The van der Waals surface area contributed by atoms with Crippen LogP contribution in [0.15, 0.2) is 35.5 Å². The quantitative estimate of drug-likeness (QED) is 0.403. The summed E-state index contributed by atoms with van der Waals surface area (Å²) in [6.45, 7) is 7.74. The molecular weight excluding hydrogens is 318 g/mol. The molecule has 0 saturated heterocycles. The van der Waals surface area contributed by atoms with Crippen LogP contribution < -0.4 is 16.8 Å². The maximum absolute atomic E-state index is 12.0. The number of hydrogen-bond donors (Lipinski definition) is 3. The van der Waals surface area contributed by atoms with E-state index in [1.165, 1.54) is 5.56 Å². The first-order valence-corrected chi connectivity index (χ1v) is 8.09. The number of nitrogens with two attached hydrogens (primary N) is 2. The SMILES string of the molecule is CC(C)(C)c1ccc(Cn2cc(C(=O)NCCN=C(N)N)nn2)cc1. The molecule has 0 saturated carbocycles. The van der Waals surface area contributed by atoms with Crippen molar-refractivity contribution in [2.45, 2.75) is 32.7 Å². The molecule has 134 valence electrons. The van der Waals surface area contributed by atoms with Gasteiger partial charge >= 0.3 is 0 Å². The number of aliphatic imine (C=N–C) groups is 1. The Morgan fingerprint density at radius 1 is 1.24 bits per heavy atom. The molecule has 0 unspecified atom stereocenters. The maximum atomic E-state index is 12.0. The van der Waals surface area contributed by atoms with Gasteiger partial charge in [-0.2, -0.15) is 0 Å². The van der Waals surface area contributed by atoms with Gasteiger partial charge in [0.25, 0.3) is 5.91 Å². The Kier molecular flexibility index (Phi) is 5.74. The molecule has 1 amide bonds. The Morgan fingerprint density at radius 2 is 1.92 bits per heavy atom. The first kappa shape index (κ1) is 18.4. The van der Waals surface area contributed by atoms with E-state index >= 15 is 0 Å². The van der Waals surface area contributed by atoms with Crippen molar-refractivity contribution >= 4 is 11.9 Å². The molecule has 0 bridgehead atoms. The fourth-order valence-electron chi connectivity index (χ4n) is 2.22. The van der Waals surface area contributed by atoms with Crippen molar-refractivity contribution < 1.29 is 4.79 Å². The molecule has 0 fully saturated rings. The molecule has 0 spiro atoms.